The first kappa shape index (κ1) is 15.8. The van der Waals surface area contributed by atoms with Crippen LogP contribution in [0.2, 0.25) is 0 Å². The predicted molar refractivity (Wildman–Crippen MR) is 85.7 cm³/mol. The second-order valence-corrected chi connectivity index (χ2v) is 7.87. The molecule has 5 nitrogen and oxygen atoms in total. The Morgan fingerprint density at radius 2 is 2.27 bits per heavy atom. The molecule has 1 unspecified atom stereocenters. The highest BCUT2D eigenvalue weighted by Crippen LogP contribution is 2.29. The van der Waals surface area contributed by atoms with Gasteiger partial charge in [0, 0.05) is 19.1 Å². The number of hydrogen-bond donors (Lipinski definition) is 1. The Morgan fingerprint density at radius 1 is 1.41 bits per heavy atom. The number of ether oxygens (including phenoxy) is 1. The van der Waals surface area contributed by atoms with Crippen molar-refractivity contribution in [3.05, 3.63) is 23.8 Å². The van der Waals surface area contributed by atoms with Crippen molar-refractivity contribution >= 4 is 10.0 Å². The van der Waals surface area contributed by atoms with Crippen LogP contribution in [0.15, 0.2) is 23.1 Å². The zero-order valence-corrected chi connectivity index (χ0v) is 13.9. The van der Waals surface area contributed by atoms with Crippen molar-refractivity contribution in [2.75, 3.05) is 26.2 Å². The second kappa shape index (κ2) is 6.56. The Labute approximate surface area is 132 Å². The summed E-state index contributed by atoms with van der Waals surface area (Å²) in [6, 6.07) is 5.36. The summed E-state index contributed by atoms with van der Waals surface area (Å²) in [5.74, 6) is 0.828. The van der Waals surface area contributed by atoms with Gasteiger partial charge in [-0.05, 0) is 56.0 Å². The van der Waals surface area contributed by atoms with E-state index in [1.807, 2.05) is 6.92 Å². The fourth-order valence-corrected chi connectivity index (χ4v) is 5.03. The highest BCUT2D eigenvalue weighted by Gasteiger charge is 2.33. The maximum Gasteiger partial charge on any atom is 0.243 e. The zero-order valence-electron chi connectivity index (χ0n) is 13.0. The number of hydrogen-bond acceptors (Lipinski definition) is 4. The molecule has 1 N–H and O–H groups in total. The van der Waals surface area contributed by atoms with Gasteiger partial charge in [0.05, 0.1) is 11.5 Å². The summed E-state index contributed by atoms with van der Waals surface area (Å²) < 4.78 is 33.4. The monoisotopic (exact) mass is 324 g/mol. The summed E-state index contributed by atoms with van der Waals surface area (Å²) >= 11 is 0. The van der Waals surface area contributed by atoms with Crippen LogP contribution >= 0.6 is 0 Å². The van der Waals surface area contributed by atoms with Gasteiger partial charge in [0.15, 0.2) is 0 Å². The molecule has 1 aromatic carbocycles. The molecule has 0 bridgehead atoms. The van der Waals surface area contributed by atoms with Crippen molar-refractivity contribution < 1.29 is 13.2 Å². The van der Waals surface area contributed by atoms with E-state index in [-0.39, 0.29) is 6.04 Å². The molecule has 0 saturated carbocycles. The van der Waals surface area contributed by atoms with E-state index in [1.165, 1.54) is 0 Å². The van der Waals surface area contributed by atoms with Gasteiger partial charge in [0.1, 0.15) is 5.75 Å². The minimum Gasteiger partial charge on any atom is -0.493 e. The molecule has 1 atom stereocenters. The molecule has 0 spiro atoms. The molecule has 0 aromatic heterocycles. The number of fused-ring (bicyclic) bond motifs is 1. The Kier molecular flexibility index (Phi) is 4.70. The fraction of sp³-hybridized carbons (Fsp3) is 0.625. The maximum absolute atomic E-state index is 13.1. The van der Waals surface area contributed by atoms with Gasteiger partial charge < -0.3 is 10.1 Å². The minimum absolute atomic E-state index is 0.0669. The average Bonchev–Trinajstić information content (AvgIpc) is 3.06. The van der Waals surface area contributed by atoms with Crippen LogP contribution < -0.4 is 10.1 Å². The molecule has 122 valence electrons. The van der Waals surface area contributed by atoms with Crippen LogP contribution in [0.1, 0.15) is 31.7 Å². The lowest BCUT2D eigenvalue weighted by atomic mass is 10.1. The van der Waals surface area contributed by atoms with E-state index in [9.17, 15) is 8.42 Å². The van der Waals surface area contributed by atoms with Gasteiger partial charge in [-0.1, -0.05) is 6.92 Å². The van der Waals surface area contributed by atoms with Crippen LogP contribution in [0, 0.1) is 0 Å². The molecular weight excluding hydrogens is 300 g/mol. The normalized spacial score (nSPS) is 21.6. The molecule has 1 saturated heterocycles. The first-order valence-corrected chi connectivity index (χ1v) is 9.55. The number of nitrogens with zero attached hydrogens (tertiary/aromatic N) is 1. The van der Waals surface area contributed by atoms with Gasteiger partial charge >= 0.3 is 0 Å². The molecule has 0 amide bonds. The third kappa shape index (κ3) is 3.00. The lowest BCUT2D eigenvalue weighted by molar-refractivity contribution is 0.288. The predicted octanol–water partition coefficient (Wildman–Crippen LogP) is 1.77. The largest absolute Gasteiger partial charge is 0.493 e. The van der Waals surface area contributed by atoms with E-state index in [4.69, 9.17) is 4.74 Å². The number of nitrogens with one attached hydrogen (secondary N) is 1. The molecule has 1 fully saturated rings. The second-order valence-electron chi connectivity index (χ2n) is 5.98. The SMILES string of the molecule is CCCN(C1CCNC1)S(=O)(=O)c1ccc2c(c1)CCCO2. The van der Waals surface area contributed by atoms with E-state index in [0.717, 1.165) is 56.7 Å². The number of aryl methyl sites for hydroxylation is 1. The van der Waals surface area contributed by atoms with Gasteiger partial charge in [0.25, 0.3) is 0 Å². The first-order chi connectivity index (χ1) is 10.6. The van der Waals surface area contributed by atoms with Crippen molar-refractivity contribution in [3.8, 4) is 5.75 Å². The molecular formula is C16H24N2O3S. The summed E-state index contributed by atoms with van der Waals surface area (Å²) in [4.78, 5) is 0.400. The van der Waals surface area contributed by atoms with E-state index < -0.39 is 10.0 Å². The highest BCUT2D eigenvalue weighted by molar-refractivity contribution is 7.89. The molecule has 2 aliphatic rings. The summed E-state index contributed by atoms with van der Waals surface area (Å²) in [6.07, 6.45) is 3.54. The third-order valence-electron chi connectivity index (χ3n) is 4.37. The van der Waals surface area contributed by atoms with Crippen LogP contribution in [0.3, 0.4) is 0 Å². The molecule has 3 rings (SSSR count). The van der Waals surface area contributed by atoms with E-state index in [0.29, 0.717) is 11.4 Å². The standard InChI is InChI=1S/C16H24N2O3S/c1-2-9-18(14-7-8-17-12-14)22(19,20)15-5-6-16-13(11-15)4-3-10-21-16/h5-6,11,14,17H,2-4,7-10,12H2,1H3. The fourth-order valence-electron chi connectivity index (χ4n) is 3.24. The van der Waals surface area contributed by atoms with Crippen LogP contribution in [-0.2, 0) is 16.4 Å². The summed E-state index contributed by atoms with van der Waals surface area (Å²) in [6.45, 7) is 4.94. The number of rotatable bonds is 5. The van der Waals surface area contributed by atoms with Crippen molar-refractivity contribution in [1.82, 2.24) is 9.62 Å². The Hall–Kier alpha value is -1.11. The summed E-state index contributed by atoms with van der Waals surface area (Å²) in [7, 11) is -3.44. The minimum atomic E-state index is -3.44. The van der Waals surface area contributed by atoms with Gasteiger partial charge in [-0.15, -0.1) is 0 Å². The van der Waals surface area contributed by atoms with Crippen LogP contribution in [0.5, 0.6) is 5.75 Å². The number of sulfonamides is 1. The summed E-state index contributed by atoms with van der Waals surface area (Å²) in [5, 5.41) is 3.26. The van der Waals surface area contributed by atoms with Crippen LogP contribution in [-0.4, -0.2) is 45.0 Å². The van der Waals surface area contributed by atoms with Gasteiger partial charge in [-0.25, -0.2) is 8.42 Å². The van der Waals surface area contributed by atoms with E-state index in [1.54, 1.807) is 22.5 Å². The molecule has 1 aromatic rings. The van der Waals surface area contributed by atoms with Crippen molar-refractivity contribution in [3.63, 3.8) is 0 Å². The van der Waals surface area contributed by atoms with E-state index >= 15 is 0 Å². The lowest BCUT2D eigenvalue weighted by Gasteiger charge is -2.28. The lowest BCUT2D eigenvalue weighted by Crippen LogP contribution is -2.42. The van der Waals surface area contributed by atoms with Crippen molar-refractivity contribution in [2.45, 2.75) is 43.5 Å². The van der Waals surface area contributed by atoms with Gasteiger partial charge in [-0.2, -0.15) is 4.31 Å². The van der Waals surface area contributed by atoms with Crippen molar-refractivity contribution in [1.29, 1.82) is 0 Å². The van der Waals surface area contributed by atoms with Gasteiger partial charge in [-0.3, -0.25) is 0 Å². The molecule has 22 heavy (non-hydrogen) atoms. The average molecular weight is 324 g/mol. The topological polar surface area (TPSA) is 58.6 Å². The molecule has 0 radical (unpaired) electrons. The van der Waals surface area contributed by atoms with Crippen LogP contribution in [0.4, 0.5) is 0 Å². The smallest absolute Gasteiger partial charge is 0.243 e. The van der Waals surface area contributed by atoms with E-state index in [2.05, 4.69) is 5.32 Å². The molecule has 2 aliphatic heterocycles. The van der Waals surface area contributed by atoms with Crippen LogP contribution in [0.25, 0.3) is 0 Å². The zero-order chi connectivity index (χ0) is 15.6. The molecule has 6 heteroatoms. The molecule has 0 aliphatic carbocycles. The Bertz CT molecular complexity index is 624. The highest BCUT2D eigenvalue weighted by atomic mass is 32.2. The Morgan fingerprint density at radius 3 is 3.00 bits per heavy atom. The first-order valence-electron chi connectivity index (χ1n) is 8.11. The summed E-state index contributed by atoms with van der Waals surface area (Å²) in [5.41, 5.74) is 1.01. The third-order valence-corrected chi connectivity index (χ3v) is 6.32. The Balaban J connectivity index is 1.92. The maximum atomic E-state index is 13.1. The van der Waals surface area contributed by atoms with Crippen molar-refractivity contribution in [2.24, 2.45) is 0 Å². The number of benzene rings is 1. The molecule has 2 heterocycles. The quantitative estimate of drug-likeness (QED) is 0.897. The van der Waals surface area contributed by atoms with Gasteiger partial charge in [0.2, 0.25) is 10.0 Å².